The van der Waals surface area contributed by atoms with E-state index in [1.165, 1.54) is 13.3 Å². The number of carbonyl (C=O) groups excluding carboxylic acids is 2. The van der Waals surface area contributed by atoms with Gasteiger partial charge < -0.3 is 9.47 Å². The highest BCUT2D eigenvalue weighted by molar-refractivity contribution is 5.96. The lowest BCUT2D eigenvalue weighted by atomic mass is 9.82. The fraction of sp³-hybridized carbons (Fsp3) is 0.833. The maximum Gasteiger partial charge on any atom is 0.412 e. The highest BCUT2D eigenvalue weighted by atomic mass is 16.6. The van der Waals surface area contributed by atoms with Crippen LogP contribution in [0.4, 0.5) is 4.79 Å². The number of nitrogens with one attached hydrogen (secondary N) is 1. The van der Waals surface area contributed by atoms with E-state index in [0.29, 0.717) is 24.2 Å². The first kappa shape index (κ1) is 27.6. The van der Waals surface area contributed by atoms with E-state index in [0.717, 1.165) is 25.9 Å². The van der Waals surface area contributed by atoms with E-state index in [1.807, 2.05) is 0 Å². The highest BCUT2D eigenvalue weighted by Gasteiger charge is 2.25. The molecule has 0 saturated heterocycles. The molecule has 1 amide bonds. The molecule has 0 aliphatic heterocycles. The second-order valence-corrected chi connectivity index (χ2v) is 9.67. The molecule has 0 aromatic rings. The Morgan fingerprint density at radius 1 is 1.03 bits per heavy atom. The Labute approximate surface area is 179 Å². The van der Waals surface area contributed by atoms with E-state index in [2.05, 4.69) is 39.9 Å². The summed E-state index contributed by atoms with van der Waals surface area (Å²) >= 11 is 0. The predicted octanol–water partition coefficient (Wildman–Crippen LogP) is 6.27. The minimum Gasteiger partial charge on any atom is -0.444 e. The third kappa shape index (κ3) is 13.5. The van der Waals surface area contributed by atoms with Gasteiger partial charge in [-0.15, -0.1) is 0 Å². The van der Waals surface area contributed by atoms with E-state index >= 15 is 0 Å². The second kappa shape index (κ2) is 13.8. The predicted molar refractivity (Wildman–Crippen MR) is 120 cm³/mol. The molecule has 0 aliphatic carbocycles. The molecule has 0 spiro atoms. The van der Waals surface area contributed by atoms with Gasteiger partial charge >= 0.3 is 6.09 Å². The number of amides is 1. The van der Waals surface area contributed by atoms with E-state index in [9.17, 15) is 9.59 Å². The van der Waals surface area contributed by atoms with E-state index in [1.54, 1.807) is 26.8 Å². The summed E-state index contributed by atoms with van der Waals surface area (Å²) in [6, 6.07) is 0. The molecular formula is C24H45NO4. The first-order chi connectivity index (χ1) is 13.4. The summed E-state index contributed by atoms with van der Waals surface area (Å²) in [5, 5.41) is 2.59. The minimum absolute atomic E-state index is 0.152. The van der Waals surface area contributed by atoms with Gasteiger partial charge in [0.05, 0.1) is 11.8 Å². The average Bonchev–Trinajstić information content (AvgIpc) is 2.55. The zero-order chi connectivity index (χ0) is 22.6. The van der Waals surface area contributed by atoms with Crippen molar-refractivity contribution in [2.24, 2.45) is 17.8 Å². The highest BCUT2D eigenvalue weighted by Crippen LogP contribution is 2.28. The van der Waals surface area contributed by atoms with Crippen LogP contribution in [0, 0.1) is 17.8 Å². The average molecular weight is 412 g/mol. The summed E-state index contributed by atoms with van der Waals surface area (Å²) in [5.74, 6) is 1.51. The van der Waals surface area contributed by atoms with Crippen molar-refractivity contribution in [2.75, 3.05) is 6.61 Å². The van der Waals surface area contributed by atoms with Gasteiger partial charge in [0, 0.05) is 13.5 Å². The molecule has 5 nitrogen and oxygen atoms in total. The van der Waals surface area contributed by atoms with Crippen molar-refractivity contribution in [3.05, 3.63) is 11.8 Å². The third-order valence-corrected chi connectivity index (χ3v) is 4.76. The van der Waals surface area contributed by atoms with Gasteiger partial charge in [-0.1, -0.05) is 47.1 Å². The van der Waals surface area contributed by atoms with Crippen LogP contribution in [-0.2, 0) is 14.3 Å². The van der Waals surface area contributed by atoms with Gasteiger partial charge in [-0.05, 0) is 64.2 Å². The molecule has 0 heterocycles. The molecule has 0 aromatic carbocycles. The zero-order valence-electron chi connectivity index (χ0n) is 20.3. The number of ketones is 1. The maximum absolute atomic E-state index is 12.0. The molecule has 0 aromatic heterocycles. The van der Waals surface area contributed by atoms with E-state index < -0.39 is 11.7 Å². The third-order valence-electron chi connectivity index (χ3n) is 4.76. The summed E-state index contributed by atoms with van der Waals surface area (Å²) in [6.07, 6.45) is 6.16. The first-order valence-corrected chi connectivity index (χ1v) is 11.2. The smallest absolute Gasteiger partial charge is 0.412 e. The van der Waals surface area contributed by atoms with Crippen LogP contribution < -0.4 is 5.32 Å². The summed E-state index contributed by atoms with van der Waals surface area (Å²) < 4.78 is 11.5. The molecule has 29 heavy (non-hydrogen) atoms. The number of allylic oxidation sites excluding steroid dienone is 2. The van der Waals surface area contributed by atoms with Crippen molar-refractivity contribution in [3.8, 4) is 0 Å². The molecule has 0 fully saturated rings. The molecular weight excluding hydrogens is 366 g/mol. The SMILES string of the molecule is CCCO[C@@H](CC/C=C(\NC(=O)OC(C)(C)C)C(C)=O)[C@@H](CCC(C)C)C(C)C. The number of alkyl carbamates (subject to hydrolysis) is 1. The summed E-state index contributed by atoms with van der Waals surface area (Å²) in [4.78, 5) is 23.9. The number of Topliss-reactive ketones (excluding diaryl/α,β-unsaturated/α-hetero) is 1. The van der Waals surface area contributed by atoms with Crippen LogP contribution in [0.25, 0.3) is 0 Å². The van der Waals surface area contributed by atoms with Gasteiger partial charge in [-0.25, -0.2) is 4.79 Å². The van der Waals surface area contributed by atoms with Crippen LogP contribution >= 0.6 is 0 Å². The topological polar surface area (TPSA) is 64.6 Å². The van der Waals surface area contributed by atoms with E-state index in [4.69, 9.17) is 9.47 Å². The summed E-state index contributed by atoms with van der Waals surface area (Å²) in [6.45, 7) is 18.7. The van der Waals surface area contributed by atoms with Crippen molar-refractivity contribution in [2.45, 2.75) is 106 Å². The molecule has 0 rings (SSSR count). The Hall–Kier alpha value is -1.36. The number of ether oxygens (including phenoxy) is 2. The van der Waals surface area contributed by atoms with Crippen LogP contribution in [0.3, 0.4) is 0 Å². The van der Waals surface area contributed by atoms with Crippen molar-refractivity contribution in [1.29, 1.82) is 0 Å². The lowest BCUT2D eigenvalue weighted by Crippen LogP contribution is -2.33. The minimum atomic E-state index is -0.605. The largest absolute Gasteiger partial charge is 0.444 e. The van der Waals surface area contributed by atoms with Crippen molar-refractivity contribution in [3.63, 3.8) is 0 Å². The van der Waals surface area contributed by atoms with Crippen molar-refractivity contribution in [1.82, 2.24) is 5.32 Å². The van der Waals surface area contributed by atoms with Gasteiger partial charge in [-0.2, -0.15) is 0 Å². The summed E-state index contributed by atoms with van der Waals surface area (Å²) in [7, 11) is 0. The van der Waals surface area contributed by atoms with Gasteiger partial charge in [0.2, 0.25) is 0 Å². The Morgan fingerprint density at radius 3 is 2.10 bits per heavy atom. The Kier molecular flexibility index (Phi) is 13.1. The molecule has 0 saturated carbocycles. The lowest BCUT2D eigenvalue weighted by Gasteiger charge is -2.31. The summed E-state index contributed by atoms with van der Waals surface area (Å²) in [5.41, 5.74) is -0.317. The molecule has 0 aliphatic rings. The number of hydrogen-bond donors (Lipinski definition) is 1. The molecule has 0 radical (unpaired) electrons. The van der Waals surface area contributed by atoms with Gasteiger partial charge in [0.25, 0.3) is 0 Å². The molecule has 0 bridgehead atoms. The molecule has 170 valence electrons. The maximum atomic E-state index is 12.0. The normalized spacial score (nSPS) is 14.8. The van der Waals surface area contributed by atoms with Crippen LogP contribution in [0.1, 0.15) is 94.4 Å². The fourth-order valence-electron chi connectivity index (χ4n) is 3.25. The number of rotatable bonds is 13. The number of carbonyl (C=O) groups is 2. The Balaban J connectivity index is 5.11. The van der Waals surface area contributed by atoms with Crippen molar-refractivity contribution >= 4 is 11.9 Å². The first-order valence-electron chi connectivity index (χ1n) is 11.2. The van der Waals surface area contributed by atoms with Gasteiger partial charge in [0.15, 0.2) is 5.78 Å². The molecule has 5 heteroatoms. The van der Waals surface area contributed by atoms with Crippen molar-refractivity contribution < 1.29 is 19.1 Å². The number of hydrogen-bond acceptors (Lipinski definition) is 4. The Bertz CT molecular complexity index is 517. The van der Waals surface area contributed by atoms with Gasteiger partial charge in [0.1, 0.15) is 5.60 Å². The molecule has 0 unspecified atom stereocenters. The van der Waals surface area contributed by atoms with E-state index in [-0.39, 0.29) is 17.6 Å². The van der Waals surface area contributed by atoms with Crippen LogP contribution in [0.15, 0.2) is 11.8 Å². The molecule has 1 N–H and O–H groups in total. The van der Waals surface area contributed by atoms with Crippen LogP contribution in [-0.4, -0.2) is 30.2 Å². The zero-order valence-corrected chi connectivity index (χ0v) is 20.3. The monoisotopic (exact) mass is 411 g/mol. The molecule has 2 atom stereocenters. The van der Waals surface area contributed by atoms with Gasteiger partial charge in [-0.3, -0.25) is 10.1 Å². The fourth-order valence-corrected chi connectivity index (χ4v) is 3.25. The van der Waals surface area contributed by atoms with Crippen LogP contribution in [0.5, 0.6) is 0 Å². The standard InChI is InChI=1S/C24H45NO4/c1-10-16-28-22(20(18(4)5)15-14-17(2)3)13-11-12-21(19(6)26)25-23(27)29-24(7,8)9/h12,17-18,20,22H,10-11,13-16H2,1-9H3,(H,25,27)/b21-12-/t20-,22-/m0/s1. The quantitative estimate of drug-likeness (QED) is 0.363. The Morgan fingerprint density at radius 2 is 1.66 bits per heavy atom. The lowest BCUT2D eigenvalue weighted by molar-refractivity contribution is -0.114. The van der Waals surface area contributed by atoms with Crippen LogP contribution in [0.2, 0.25) is 0 Å². The second-order valence-electron chi connectivity index (χ2n) is 9.67.